The second-order valence-corrected chi connectivity index (χ2v) is 5.47. The number of hydrogen-bond acceptors (Lipinski definition) is 3. The van der Waals surface area contributed by atoms with E-state index in [4.69, 9.17) is 0 Å². The van der Waals surface area contributed by atoms with Crippen LogP contribution in [0.3, 0.4) is 0 Å². The summed E-state index contributed by atoms with van der Waals surface area (Å²) in [6.07, 6.45) is 3.70. The highest BCUT2D eigenvalue weighted by Crippen LogP contribution is 2.08. The molecule has 5 heteroatoms. The Morgan fingerprint density at radius 3 is 2.67 bits per heavy atom. The summed E-state index contributed by atoms with van der Waals surface area (Å²) in [7, 11) is 0. The smallest absolute Gasteiger partial charge is 0.239 e. The molecule has 0 unspecified atom stereocenters. The Morgan fingerprint density at radius 2 is 2.00 bits per heavy atom. The summed E-state index contributed by atoms with van der Waals surface area (Å²) in [5.74, 6) is -0.0168. The maximum Gasteiger partial charge on any atom is 0.239 e. The van der Waals surface area contributed by atoms with Gasteiger partial charge in [0, 0.05) is 18.3 Å². The maximum absolute atomic E-state index is 12.1. The van der Waals surface area contributed by atoms with Crippen LogP contribution in [0.25, 0.3) is 5.69 Å². The summed E-state index contributed by atoms with van der Waals surface area (Å²) in [5, 5.41) is 10.4. The number of rotatable bonds is 6. The van der Waals surface area contributed by atoms with Gasteiger partial charge in [-0.05, 0) is 32.5 Å². The van der Waals surface area contributed by atoms with Crippen LogP contribution >= 0.6 is 0 Å². The van der Waals surface area contributed by atoms with Crippen molar-refractivity contribution in [3.63, 3.8) is 0 Å². The lowest BCUT2D eigenvalue weighted by molar-refractivity contribution is -0.126. The van der Waals surface area contributed by atoms with Crippen LogP contribution in [0.15, 0.2) is 42.7 Å². The van der Waals surface area contributed by atoms with Gasteiger partial charge in [0.15, 0.2) is 0 Å². The molecule has 1 heterocycles. The minimum Gasteiger partial charge on any atom is -0.350 e. The standard InChI is InChI=1S/C16H22N4O/c1-4-18-16(2,3)15(21)17-10-13-11-19-20(12-13)14-8-6-5-7-9-14/h5-9,11-12,18H,4,10H2,1-3H3,(H,17,21). The monoisotopic (exact) mass is 286 g/mol. The summed E-state index contributed by atoms with van der Waals surface area (Å²) in [6.45, 7) is 6.96. The van der Waals surface area contributed by atoms with Gasteiger partial charge in [-0.1, -0.05) is 25.1 Å². The highest BCUT2D eigenvalue weighted by atomic mass is 16.2. The number of nitrogens with zero attached hydrogens (tertiary/aromatic N) is 2. The van der Waals surface area contributed by atoms with Crippen molar-refractivity contribution in [2.75, 3.05) is 6.54 Å². The van der Waals surface area contributed by atoms with E-state index in [9.17, 15) is 4.79 Å². The molecule has 1 aromatic carbocycles. The van der Waals surface area contributed by atoms with Crippen LogP contribution in [0.1, 0.15) is 26.3 Å². The number of para-hydroxylation sites is 1. The van der Waals surface area contributed by atoms with Crippen molar-refractivity contribution in [2.24, 2.45) is 0 Å². The molecular weight excluding hydrogens is 264 g/mol. The Hall–Kier alpha value is -2.14. The molecule has 0 aliphatic rings. The highest BCUT2D eigenvalue weighted by Gasteiger charge is 2.25. The third-order valence-electron chi connectivity index (χ3n) is 3.30. The van der Waals surface area contributed by atoms with Crippen LogP contribution < -0.4 is 10.6 Å². The molecule has 2 N–H and O–H groups in total. The molecule has 0 bridgehead atoms. The number of aromatic nitrogens is 2. The summed E-state index contributed by atoms with van der Waals surface area (Å²) < 4.78 is 1.80. The van der Waals surface area contributed by atoms with Gasteiger partial charge in [-0.3, -0.25) is 4.79 Å². The van der Waals surface area contributed by atoms with Crippen LogP contribution in [-0.2, 0) is 11.3 Å². The first-order valence-corrected chi connectivity index (χ1v) is 7.15. The Kier molecular flexibility index (Phi) is 4.75. The molecule has 1 amide bonds. The van der Waals surface area contributed by atoms with E-state index in [0.717, 1.165) is 17.8 Å². The third-order valence-corrected chi connectivity index (χ3v) is 3.30. The van der Waals surface area contributed by atoms with Crippen LogP contribution in [0.5, 0.6) is 0 Å². The van der Waals surface area contributed by atoms with Gasteiger partial charge in [-0.2, -0.15) is 5.10 Å². The molecule has 0 fully saturated rings. The second-order valence-electron chi connectivity index (χ2n) is 5.47. The fraction of sp³-hybridized carbons (Fsp3) is 0.375. The maximum atomic E-state index is 12.1. The van der Waals surface area contributed by atoms with Crippen LogP contribution in [0.4, 0.5) is 0 Å². The topological polar surface area (TPSA) is 59.0 Å². The van der Waals surface area contributed by atoms with Gasteiger partial charge in [0.25, 0.3) is 0 Å². The summed E-state index contributed by atoms with van der Waals surface area (Å²) in [4.78, 5) is 12.1. The van der Waals surface area contributed by atoms with Crippen molar-refractivity contribution in [3.05, 3.63) is 48.3 Å². The number of amides is 1. The van der Waals surface area contributed by atoms with Gasteiger partial charge in [0.05, 0.1) is 17.4 Å². The van der Waals surface area contributed by atoms with Gasteiger partial charge in [-0.15, -0.1) is 0 Å². The molecule has 112 valence electrons. The van der Waals surface area contributed by atoms with Gasteiger partial charge in [0.1, 0.15) is 0 Å². The molecule has 0 saturated heterocycles. The average molecular weight is 286 g/mol. The lowest BCUT2D eigenvalue weighted by Gasteiger charge is -2.24. The first-order chi connectivity index (χ1) is 10.0. The number of carbonyl (C=O) groups is 1. The quantitative estimate of drug-likeness (QED) is 0.852. The first-order valence-electron chi connectivity index (χ1n) is 7.15. The lowest BCUT2D eigenvalue weighted by Crippen LogP contribution is -2.52. The molecule has 0 radical (unpaired) electrons. The molecule has 0 atom stereocenters. The Morgan fingerprint density at radius 1 is 1.29 bits per heavy atom. The van der Waals surface area contributed by atoms with Crippen molar-refractivity contribution >= 4 is 5.91 Å². The molecule has 0 aliphatic heterocycles. The van der Waals surface area contributed by atoms with E-state index in [1.807, 2.05) is 57.3 Å². The summed E-state index contributed by atoms with van der Waals surface area (Å²) in [5.41, 5.74) is 1.41. The van der Waals surface area contributed by atoms with Gasteiger partial charge in [-0.25, -0.2) is 4.68 Å². The van der Waals surface area contributed by atoms with E-state index in [2.05, 4.69) is 15.7 Å². The van der Waals surface area contributed by atoms with Gasteiger partial charge < -0.3 is 10.6 Å². The number of likely N-dealkylation sites (N-methyl/N-ethyl adjacent to an activating group) is 1. The zero-order valence-electron chi connectivity index (χ0n) is 12.8. The minimum atomic E-state index is -0.565. The SMILES string of the molecule is CCNC(C)(C)C(=O)NCc1cnn(-c2ccccc2)c1. The molecule has 5 nitrogen and oxygen atoms in total. The van der Waals surface area contributed by atoms with Crippen LogP contribution in [0.2, 0.25) is 0 Å². The van der Waals surface area contributed by atoms with E-state index >= 15 is 0 Å². The zero-order valence-corrected chi connectivity index (χ0v) is 12.8. The average Bonchev–Trinajstić information content (AvgIpc) is 2.94. The number of nitrogens with one attached hydrogen (secondary N) is 2. The van der Waals surface area contributed by atoms with Gasteiger partial charge in [0.2, 0.25) is 5.91 Å². The molecule has 21 heavy (non-hydrogen) atoms. The summed E-state index contributed by atoms with van der Waals surface area (Å²) in [6, 6.07) is 9.89. The first kappa shape index (κ1) is 15.3. The third kappa shape index (κ3) is 3.92. The zero-order chi connectivity index (χ0) is 15.3. The molecule has 0 spiro atoms. The highest BCUT2D eigenvalue weighted by molar-refractivity contribution is 5.85. The molecular formula is C16H22N4O. The van der Waals surface area contributed by atoms with E-state index in [1.165, 1.54) is 0 Å². The Bertz CT molecular complexity index is 589. The van der Waals surface area contributed by atoms with E-state index in [0.29, 0.717) is 6.54 Å². The Balaban J connectivity index is 1.96. The lowest BCUT2D eigenvalue weighted by atomic mass is 10.0. The number of benzene rings is 1. The van der Waals surface area contributed by atoms with E-state index in [1.54, 1.807) is 10.9 Å². The number of hydrogen-bond donors (Lipinski definition) is 2. The van der Waals surface area contributed by atoms with E-state index in [-0.39, 0.29) is 5.91 Å². The molecule has 2 rings (SSSR count). The molecule has 2 aromatic rings. The fourth-order valence-corrected chi connectivity index (χ4v) is 2.10. The molecule has 0 aliphatic carbocycles. The van der Waals surface area contributed by atoms with Crippen LogP contribution in [0, 0.1) is 0 Å². The van der Waals surface area contributed by atoms with Gasteiger partial charge >= 0.3 is 0 Å². The fourth-order valence-electron chi connectivity index (χ4n) is 2.10. The van der Waals surface area contributed by atoms with Crippen molar-refractivity contribution in [3.8, 4) is 5.69 Å². The largest absolute Gasteiger partial charge is 0.350 e. The predicted octanol–water partition coefficient (Wildman–Crippen LogP) is 1.88. The van der Waals surface area contributed by atoms with Crippen molar-refractivity contribution in [1.82, 2.24) is 20.4 Å². The van der Waals surface area contributed by atoms with Crippen LogP contribution in [-0.4, -0.2) is 27.8 Å². The van der Waals surface area contributed by atoms with Crippen molar-refractivity contribution in [2.45, 2.75) is 32.9 Å². The molecule has 1 aromatic heterocycles. The van der Waals surface area contributed by atoms with E-state index < -0.39 is 5.54 Å². The molecule has 0 saturated carbocycles. The number of carbonyl (C=O) groups excluding carboxylic acids is 1. The Labute approximate surface area is 125 Å². The second kappa shape index (κ2) is 6.54. The predicted molar refractivity (Wildman–Crippen MR) is 83.2 cm³/mol. The summed E-state index contributed by atoms with van der Waals surface area (Å²) >= 11 is 0. The normalized spacial score (nSPS) is 11.4. The van der Waals surface area contributed by atoms with Crippen molar-refractivity contribution < 1.29 is 4.79 Å². The van der Waals surface area contributed by atoms with Crippen molar-refractivity contribution in [1.29, 1.82) is 0 Å². The minimum absolute atomic E-state index is 0.0168.